The van der Waals surface area contributed by atoms with Gasteiger partial charge in [0.25, 0.3) is 5.56 Å². The second-order valence-corrected chi connectivity index (χ2v) is 7.69. The number of carbonyl (C=O) groups excluding carboxylic acids is 1. The van der Waals surface area contributed by atoms with Crippen LogP contribution in [-0.2, 0) is 24.3 Å². The van der Waals surface area contributed by atoms with Gasteiger partial charge in [0, 0.05) is 38.8 Å². The number of benzene rings is 1. The van der Waals surface area contributed by atoms with Crippen LogP contribution in [0.2, 0.25) is 0 Å². The van der Waals surface area contributed by atoms with Crippen molar-refractivity contribution < 1.29 is 4.79 Å². The van der Waals surface area contributed by atoms with Crippen LogP contribution in [0, 0.1) is 0 Å². The van der Waals surface area contributed by atoms with Crippen molar-refractivity contribution in [1.29, 1.82) is 0 Å². The van der Waals surface area contributed by atoms with Crippen molar-refractivity contribution in [1.82, 2.24) is 19.6 Å². The quantitative estimate of drug-likeness (QED) is 0.793. The first-order valence-electron chi connectivity index (χ1n) is 9.95. The van der Waals surface area contributed by atoms with Crippen LogP contribution in [0.1, 0.15) is 17.5 Å². The normalized spacial score (nSPS) is 17.9. The van der Waals surface area contributed by atoms with E-state index in [1.807, 2.05) is 17.0 Å². The Balaban J connectivity index is 1.42. The van der Waals surface area contributed by atoms with Crippen molar-refractivity contribution in [2.24, 2.45) is 0 Å². The molecule has 0 aliphatic carbocycles. The molecule has 0 spiro atoms. The molecule has 7 heteroatoms. The molecule has 0 radical (unpaired) electrons. The smallest absolute Gasteiger partial charge is 0.269 e. The molecule has 0 bridgehead atoms. The van der Waals surface area contributed by atoms with Crippen molar-refractivity contribution >= 4 is 11.6 Å². The number of aromatic nitrogens is 2. The molecule has 1 aromatic carbocycles. The van der Waals surface area contributed by atoms with Gasteiger partial charge in [-0.3, -0.25) is 9.59 Å². The summed E-state index contributed by atoms with van der Waals surface area (Å²) in [5, 5.41) is 4.28. The summed E-state index contributed by atoms with van der Waals surface area (Å²) >= 11 is 0. The van der Waals surface area contributed by atoms with Gasteiger partial charge in [0.1, 0.15) is 6.54 Å². The van der Waals surface area contributed by atoms with Crippen molar-refractivity contribution in [2.45, 2.75) is 25.9 Å². The lowest BCUT2D eigenvalue weighted by atomic mass is 10.00. The van der Waals surface area contributed by atoms with E-state index in [1.54, 1.807) is 12.3 Å². The Labute approximate surface area is 165 Å². The highest BCUT2D eigenvalue weighted by Crippen LogP contribution is 2.18. The number of anilines is 1. The maximum absolute atomic E-state index is 12.7. The summed E-state index contributed by atoms with van der Waals surface area (Å²) in [5.41, 5.74) is 3.11. The van der Waals surface area contributed by atoms with E-state index in [1.165, 1.54) is 15.8 Å². The van der Waals surface area contributed by atoms with Crippen LogP contribution >= 0.6 is 0 Å². The molecule has 1 saturated heterocycles. The third-order valence-corrected chi connectivity index (χ3v) is 5.71. The minimum atomic E-state index is -0.221. The number of hydrogen-bond donors (Lipinski definition) is 0. The standard InChI is InChI=1S/C21H27N5O2/c1-23-8-4-9-24(12-11-23)19-13-20(27)26(22-14-19)16-21(28)25-10-7-17-5-2-3-6-18(17)15-25/h2-3,5-6,13-14H,4,7-12,15-16H2,1H3. The van der Waals surface area contributed by atoms with E-state index in [2.05, 4.69) is 34.1 Å². The second kappa shape index (κ2) is 8.14. The Kier molecular flexibility index (Phi) is 5.43. The maximum atomic E-state index is 12.7. The van der Waals surface area contributed by atoms with Gasteiger partial charge in [0.2, 0.25) is 5.91 Å². The summed E-state index contributed by atoms with van der Waals surface area (Å²) < 4.78 is 1.27. The average Bonchev–Trinajstić information content (AvgIpc) is 2.93. The lowest BCUT2D eigenvalue weighted by molar-refractivity contribution is -0.133. The van der Waals surface area contributed by atoms with Gasteiger partial charge < -0.3 is 14.7 Å². The number of hydrogen-bond acceptors (Lipinski definition) is 5. The number of carbonyl (C=O) groups is 1. The van der Waals surface area contributed by atoms with E-state index in [0.29, 0.717) is 13.1 Å². The summed E-state index contributed by atoms with van der Waals surface area (Å²) in [6.45, 7) is 5.11. The Hall–Kier alpha value is -2.67. The van der Waals surface area contributed by atoms with Crippen LogP contribution in [0.3, 0.4) is 0 Å². The summed E-state index contributed by atoms with van der Waals surface area (Å²) in [6.07, 6.45) is 3.63. The fourth-order valence-electron chi connectivity index (χ4n) is 3.96. The molecule has 7 nitrogen and oxygen atoms in total. The molecule has 2 aliphatic rings. The van der Waals surface area contributed by atoms with Crippen molar-refractivity contribution in [3.8, 4) is 0 Å². The molecule has 0 saturated carbocycles. The highest BCUT2D eigenvalue weighted by molar-refractivity contribution is 5.76. The Bertz CT molecular complexity index is 910. The van der Waals surface area contributed by atoms with E-state index in [4.69, 9.17) is 0 Å². The first-order chi connectivity index (χ1) is 13.6. The van der Waals surface area contributed by atoms with Crippen LogP contribution < -0.4 is 10.5 Å². The lowest BCUT2D eigenvalue weighted by Crippen LogP contribution is -2.40. The van der Waals surface area contributed by atoms with Gasteiger partial charge in [0.05, 0.1) is 11.9 Å². The fourth-order valence-corrected chi connectivity index (χ4v) is 3.96. The first-order valence-corrected chi connectivity index (χ1v) is 9.95. The molecule has 0 atom stereocenters. The number of likely N-dealkylation sites (N-methyl/N-ethyl adjacent to an activating group) is 1. The highest BCUT2D eigenvalue weighted by atomic mass is 16.2. The third kappa shape index (κ3) is 4.09. The minimum Gasteiger partial charge on any atom is -0.369 e. The molecule has 0 N–H and O–H groups in total. The van der Waals surface area contributed by atoms with Crippen LogP contribution in [0.15, 0.2) is 41.3 Å². The number of nitrogens with zero attached hydrogens (tertiary/aromatic N) is 5. The molecule has 0 unspecified atom stereocenters. The zero-order valence-electron chi connectivity index (χ0n) is 16.4. The molecular weight excluding hydrogens is 354 g/mol. The minimum absolute atomic E-state index is 0.00990. The van der Waals surface area contributed by atoms with Gasteiger partial charge in [0.15, 0.2) is 0 Å². The molecule has 2 aliphatic heterocycles. The molecule has 4 rings (SSSR count). The fraction of sp³-hybridized carbons (Fsp3) is 0.476. The molecule has 3 heterocycles. The topological polar surface area (TPSA) is 61.7 Å². The van der Waals surface area contributed by atoms with Gasteiger partial charge >= 0.3 is 0 Å². The van der Waals surface area contributed by atoms with Gasteiger partial charge in [-0.15, -0.1) is 0 Å². The molecular formula is C21H27N5O2. The third-order valence-electron chi connectivity index (χ3n) is 5.71. The lowest BCUT2D eigenvalue weighted by Gasteiger charge is -2.29. The Morgan fingerprint density at radius 2 is 1.89 bits per heavy atom. The van der Waals surface area contributed by atoms with Crippen LogP contribution in [0.5, 0.6) is 0 Å². The first kappa shape index (κ1) is 18.7. The summed E-state index contributed by atoms with van der Waals surface area (Å²) in [4.78, 5) is 31.6. The highest BCUT2D eigenvalue weighted by Gasteiger charge is 2.21. The van der Waals surface area contributed by atoms with Gasteiger partial charge in [-0.05, 0) is 37.6 Å². The molecule has 1 fully saturated rings. The van der Waals surface area contributed by atoms with E-state index in [0.717, 1.165) is 44.7 Å². The summed E-state index contributed by atoms with van der Waals surface area (Å²) in [7, 11) is 2.12. The predicted octanol–water partition coefficient (Wildman–Crippen LogP) is 0.970. The number of fused-ring (bicyclic) bond motifs is 1. The zero-order chi connectivity index (χ0) is 19.5. The maximum Gasteiger partial charge on any atom is 0.269 e. The van der Waals surface area contributed by atoms with Crippen LogP contribution in [0.4, 0.5) is 5.69 Å². The second-order valence-electron chi connectivity index (χ2n) is 7.69. The monoisotopic (exact) mass is 381 g/mol. The summed E-state index contributed by atoms with van der Waals surface area (Å²) in [5.74, 6) is -0.0618. The number of amides is 1. The number of rotatable bonds is 3. The predicted molar refractivity (Wildman–Crippen MR) is 108 cm³/mol. The Morgan fingerprint density at radius 1 is 1.07 bits per heavy atom. The molecule has 2 aromatic rings. The van der Waals surface area contributed by atoms with E-state index < -0.39 is 0 Å². The van der Waals surface area contributed by atoms with E-state index in [-0.39, 0.29) is 18.0 Å². The average molecular weight is 381 g/mol. The van der Waals surface area contributed by atoms with Crippen molar-refractivity contribution in [2.75, 3.05) is 44.7 Å². The van der Waals surface area contributed by atoms with Gasteiger partial charge in [-0.2, -0.15) is 5.10 Å². The van der Waals surface area contributed by atoms with Crippen LogP contribution in [-0.4, -0.2) is 65.3 Å². The SMILES string of the molecule is CN1CCCN(c2cnn(CC(=O)N3CCc4ccccc4C3)c(=O)c2)CC1. The Morgan fingerprint density at radius 3 is 2.71 bits per heavy atom. The van der Waals surface area contributed by atoms with E-state index >= 15 is 0 Å². The van der Waals surface area contributed by atoms with E-state index in [9.17, 15) is 9.59 Å². The largest absolute Gasteiger partial charge is 0.369 e. The molecule has 148 valence electrons. The molecule has 1 aromatic heterocycles. The summed E-state index contributed by atoms with van der Waals surface area (Å²) in [6, 6.07) is 9.81. The van der Waals surface area contributed by atoms with Crippen LogP contribution in [0.25, 0.3) is 0 Å². The van der Waals surface area contributed by atoms with Crippen molar-refractivity contribution in [3.63, 3.8) is 0 Å². The van der Waals surface area contributed by atoms with Gasteiger partial charge in [-0.25, -0.2) is 4.68 Å². The molecule has 1 amide bonds. The molecule has 28 heavy (non-hydrogen) atoms. The zero-order valence-corrected chi connectivity index (χ0v) is 16.4. The van der Waals surface area contributed by atoms with Crippen molar-refractivity contribution in [3.05, 3.63) is 58.0 Å². The van der Waals surface area contributed by atoms with Gasteiger partial charge in [-0.1, -0.05) is 24.3 Å².